The number of aromatic nitrogens is 2. The maximum absolute atomic E-state index is 11.6. The summed E-state index contributed by atoms with van der Waals surface area (Å²) < 4.78 is 0. The van der Waals surface area contributed by atoms with Crippen molar-refractivity contribution in [2.24, 2.45) is 11.7 Å². The van der Waals surface area contributed by atoms with Crippen LogP contribution in [-0.4, -0.2) is 28.3 Å². The summed E-state index contributed by atoms with van der Waals surface area (Å²) in [6.45, 7) is 6.31. The lowest BCUT2D eigenvalue weighted by molar-refractivity contribution is -0.114. The van der Waals surface area contributed by atoms with Crippen LogP contribution in [0.3, 0.4) is 0 Å². The third-order valence-electron chi connectivity index (χ3n) is 3.81. The van der Waals surface area contributed by atoms with E-state index < -0.39 is 5.91 Å². The zero-order chi connectivity index (χ0) is 19.1. The minimum absolute atomic E-state index is 0.152. The van der Waals surface area contributed by atoms with E-state index in [1.807, 2.05) is 6.07 Å². The van der Waals surface area contributed by atoms with Gasteiger partial charge in [0.05, 0.1) is 5.56 Å². The molecule has 0 aliphatic heterocycles. The van der Waals surface area contributed by atoms with Crippen LogP contribution in [0, 0.1) is 5.92 Å². The first-order chi connectivity index (χ1) is 12.4. The van der Waals surface area contributed by atoms with E-state index in [1.165, 1.54) is 13.1 Å². The van der Waals surface area contributed by atoms with Crippen molar-refractivity contribution in [3.63, 3.8) is 0 Å². The predicted octanol–water partition coefficient (Wildman–Crippen LogP) is 2.74. The second kappa shape index (κ2) is 8.80. The summed E-state index contributed by atoms with van der Waals surface area (Å²) in [6, 6.07) is 7.16. The van der Waals surface area contributed by atoms with E-state index in [9.17, 15) is 9.59 Å². The van der Waals surface area contributed by atoms with Crippen molar-refractivity contribution in [3.05, 3.63) is 36.0 Å². The highest BCUT2D eigenvalue weighted by atomic mass is 16.1. The van der Waals surface area contributed by atoms with Gasteiger partial charge in [-0.1, -0.05) is 26.3 Å². The molecule has 2 rings (SSSR count). The maximum atomic E-state index is 11.6. The van der Waals surface area contributed by atoms with Crippen LogP contribution in [0.5, 0.6) is 0 Å². The second-order valence-corrected chi connectivity index (χ2v) is 6.10. The molecule has 1 aromatic carbocycles. The quantitative estimate of drug-likeness (QED) is 0.577. The predicted molar refractivity (Wildman–Crippen MR) is 103 cm³/mol. The van der Waals surface area contributed by atoms with E-state index in [0.29, 0.717) is 35.6 Å². The summed E-state index contributed by atoms with van der Waals surface area (Å²) in [6.07, 6.45) is 2.40. The summed E-state index contributed by atoms with van der Waals surface area (Å²) in [5.41, 5.74) is 7.01. The fourth-order valence-corrected chi connectivity index (χ4v) is 2.18. The van der Waals surface area contributed by atoms with Gasteiger partial charge in [-0.15, -0.1) is 0 Å². The molecule has 0 fully saturated rings. The van der Waals surface area contributed by atoms with Gasteiger partial charge in [0.1, 0.15) is 5.82 Å². The van der Waals surface area contributed by atoms with Gasteiger partial charge in [0, 0.05) is 31.0 Å². The van der Waals surface area contributed by atoms with Crippen LogP contribution >= 0.6 is 0 Å². The molecule has 8 nitrogen and oxygen atoms in total. The molecule has 2 aromatic rings. The first kappa shape index (κ1) is 19.2. The first-order valence-electron chi connectivity index (χ1n) is 8.44. The second-order valence-electron chi connectivity index (χ2n) is 6.10. The van der Waals surface area contributed by atoms with Gasteiger partial charge in [-0.2, -0.15) is 4.98 Å². The van der Waals surface area contributed by atoms with Gasteiger partial charge in [0.2, 0.25) is 11.9 Å². The van der Waals surface area contributed by atoms with Crippen molar-refractivity contribution >= 4 is 35.0 Å². The van der Waals surface area contributed by atoms with E-state index >= 15 is 0 Å². The number of nitrogens with zero attached hydrogens (tertiary/aromatic N) is 2. The summed E-state index contributed by atoms with van der Waals surface area (Å²) in [5, 5.41) is 8.93. The van der Waals surface area contributed by atoms with Crippen LogP contribution in [0.1, 0.15) is 37.6 Å². The molecule has 0 saturated carbocycles. The highest BCUT2D eigenvalue weighted by molar-refractivity contribution is 5.97. The van der Waals surface area contributed by atoms with Crippen molar-refractivity contribution < 1.29 is 9.59 Å². The number of benzene rings is 1. The van der Waals surface area contributed by atoms with Crippen LogP contribution in [0.2, 0.25) is 0 Å². The van der Waals surface area contributed by atoms with Gasteiger partial charge >= 0.3 is 0 Å². The Morgan fingerprint density at radius 1 is 1.27 bits per heavy atom. The number of rotatable bonds is 8. The molecule has 2 amide bonds. The Morgan fingerprint density at radius 3 is 2.65 bits per heavy atom. The number of nitrogens with two attached hydrogens (primary N) is 1. The molecule has 5 N–H and O–H groups in total. The van der Waals surface area contributed by atoms with Crippen LogP contribution < -0.4 is 21.7 Å². The van der Waals surface area contributed by atoms with Crippen molar-refractivity contribution in [3.8, 4) is 0 Å². The number of amides is 2. The zero-order valence-corrected chi connectivity index (χ0v) is 15.2. The number of carbonyl (C=O) groups excluding carboxylic acids is 2. The highest BCUT2D eigenvalue weighted by Crippen LogP contribution is 2.20. The van der Waals surface area contributed by atoms with Gasteiger partial charge in [0.15, 0.2) is 0 Å². The molecule has 0 saturated heterocycles. The van der Waals surface area contributed by atoms with E-state index in [4.69, 9.17) is 5.73 Å². The fraction of sp³-hybridized carbons (Fsp3) is 0.333. The van der Waals surface area contributed by atoms with Crippen LogP contribution in [-0.2, 0) is 4.79 Å². The van der Waals surface area contributed by atoms with Gasteiger partial charge in [-0.25, -0.2) is 4.98 Å². The molecular formula is C18H24N6O2. The average Bonchev–Trinajstić information content (AvgIpc) is 2.59. The Labute approximate surface area is 152 Å². The van der Waals surface area contributed by atoms with Gasteiger partial charge in [-0.05, 0) is 24.1 Å². The molecule has 26 heavy (non-hydrogen) atoms. The highest BCUT2D eigenvalue weighted by Gasteiger charge is 2.13. The van der Waals surface area contributed by atoms with Crippen molar-refractivity contribution in [2.75, 3.05) is 22.5 Å². The molecular weight excluding hydrogens is 332 g/mol. The standard InChI is InChI=1S/C18H24N6O2/c1-4-11(2)9-20-17-15(16(19)26)10-21-18(24-17)23-14-7-5-6-13(8-14)22-12(3)25/h5-8,10-11H,4,9H2,1-3H3,(H2,19,26)(H,22,25)(H2,20,21,23,24). The number of carbonyl (C=O) groups is 2. The van der Waals surface area contributed by atoms with Gasteiger partial charge < -0.3 is 21.7 Å². The van der Waals surface area contributed by atoms with Gasteiger partial charge in [-0.3, -0.25) is 9.59 Å². The molecule has 0 bridgehead atoms. The molecule has 138 valence electrons. The monoisotopic (exact) mass is 356 g/mol. The molecule has 0 aliphatic rings. The lowest BCUT2D eigenvalue weighted by Gasteiger charge is -2.14. The molecule has 1 atom stereocenters. The summed E-state index contributed by atoms with van der Waals surface area (Å²) in [7, 11) is 0. The number of anilines is 4. The van der Waals surface area contributed by atoms with E-state index in [1.54, 1.807) is 18.2 Å². The van der Waals surface area contributed by atoms with Crippen molar-refractivity contribution in [2.45, 2.75) is 27.2 Å². The third-order valence-corrected chi connectivity index (χ3v) is 3.81. The summed E-state index contributed by atoms with van der Waals surface area (Å²) >= 11 is 0. The molecule has 0 radical (unpaired) electrons. The largest absolute Gasteiger partial charge is 0.369 e. The molecule has 0 spiro atoms. The first-order valence-corrected chi connectivity index (χ1v) is 8.44. The van der Waals surface area contributed by atoms with Crippen molar-refractivity contribution in [1.29, 1.82) is 0 Å². The Morgan fingerprint density at radius 2 is 2.00 bits per heavy atom. The SMILES string of the molecule is CCC(C)CNc1nc(Nc2cccc(NC(C)=O)c2)ncc1C(N)=O. The summed E-state index contributed by atoms with van der Waals surface area (Å²) in [4.78, 5) is 31.3. The topological polar surface area (TPSA) is 122 Å². The van der Waals surface area contributed by atoms with E-state index in [2.05, 4.69) is 39.8 Å². The normalized spacial score (nSPS) is 11.5. The average molecular weight is 356 g/mol. The summed E-state index contributed by atoms with van der Waals surface area (Å²) in [5.74, 6) is 0.406. The smallest absolute Gasteiger partial charge is 0.254 e. The van der Waals surface area contributed by atoms with Crippen molar-refractivity contribution in [1.82, 2.24) is 9.97 Å². The maximum Gasteiger partial charge on any atom is 0.254 e. The molecule has 1 aromatic heterocycles. The Bertz CT molecular complexity index is 793. The molecule has 0 aliphatic carbocycles. The van der Waals surface area contributed by atoms with E-state index in [-0.39, 0.29) is 11.5 Å². The minimum atomic E-state index is -0.587. The Kier molecular flexibility index (Phi) is 6.48. The number of primary amides is 1. The fourth-order valence-electron chi connectivity index (χ4n) is 2.18. The lowest BCUT2D eigenvalue weighted by atomic mass is 10.1. The number of hydrogen-bond acceptors (Lipinski definition) is 6. The third kappa shape index (κ3) is 5.44. The molecule has 1 heterocycles. The van der Waals surface area contributed by atoms with Gasteiger partial charge in [0.25, 0.3) is 5.91 Å². The van der Waals surface area contributed by atoms with E-state index in [0.717, 1.165) is 6.42 Å². The Hall–Kier alpha value is -3.16. The molecule has 8 heteroatoms. The van der Waals surface area contributed by atoms with Crippen LogP contribution in [0.25, 0.3) is 0 Å². The van der Waals surface area contributed by atoms with Crippen LogP contribution in [0.15, 0.2) is 30.5 Å². The molecule has 1 unspecified atom stereocenters. The minimum Gasteiger partial charge on any atom is -0.369 e. The number of nitrogens with one attached hydrogen (secondary N) is 3. The lowest BCUT2D eigenvalue weighted by Crippen LogP contribution is -2.19. The van der Waals surface area contributed by atoms with Crippen LogP contribution in [0.4, 0.5) is 23.1 Å². The number of hydrogen-bond donors (Lipinski definition) is 4. The Balaban J connectivity index is 2.21. The zero-order valence-electron chi connectivity index (χ0n) is 15.2.